The molecule has 0 saturated heterocycles. The topological polar surface area (TPSA) is 29.1 Å². The summed E-state index contributed by atoms with van der Waals surface area (Å²) in [6, 6.07) is 0. The molecule has 0 heterocycles. The monoisotopic (exact) mass is 325 g/mol. The molecule has 0 fully saturated rings. The lowest BCUT2D eigenvalue weighted by atomic mass is 10.2. The number of carbonyl (C=O) groups excluding carboxylic acids is 1. The Balaban J connectivity index is 3.46. The third-order valence-electron chi connectivity index (χ3n) is 2.09. The minimum absolute atomic E-state index is 0.148. The van der Waals surface area contributed by atoms with Crippen molar-refractivity contribution >= 4 is 45.4 Å². The lowest BCUT2D eigenvalue weighted by Crippen LogP contribution is -2.24. The molecule has 0 atom stereocenters. The van der Waals surface area contributed by atoms with Gasteiger partial charge < -0.3 is 5.32 Å². The molecule has 1 amide bonds. The van der Waals surface area contributed by atoms with Gasteiger partial charge in [0.05, 0.1) is 0 Å². The third-order valence-corrected chi connectivity index (χ3v) is 5.16. The fraction of sp³-hybridized carbons (Fsp3) is 0.727. The van der Waals surface area contributed by atoms with Crippen molar-refractivity contribution in [2.45, 2.75) is 30.3 Å². The SMILES string of the molecule is C=C(Br)CCNC(=O)CCCC(SC)SC. The fourth-order valence-corrected chi connectivity index (χ4v) is 2.96. The molecule has 0 radical (unpaired) electrons. The summed E-state index contributed by atoms with van der Waals surface area (Å²) in [4.78, 5) is 11.4. The summed E-state index contributed by atoms with van der Waals surface area (Å²) in [6.45, 7) is 4.40. The zero-order chi connectivity index (χ0) is 12.4. The van der Waals surface area contributed by atoms with Gasteiger partial charge in [-0.1, -0.05) is 22.5 Å². The van der Waals surface area contributed by atoms with Gasteiger partial charge in [0.1, 0.15) is 0 Å². The fourth-order valence-electron chi connectivity index (χ4n) is 1.19. The minimum Gasteiger partial charge on any atom is -0.356 e. The minimum atomic E-state index is 0.148. The Labute approximate surface area is 116 Å². The number of thioether (sulfide) groups is 2. The maximum absolute atomic E-state index is 11.4. The smallest absolute Gasteiger partial charge is 0.220 e. The molecule has 0 aliphatic rings. The largest absolute Gasteiger partial charge is 0.356 e. The molecule has 0 saturated carbocycles. The Kier molecular flexibility index (Phi) is 10.8. The highest BCUT2D eigenvalue weighted by atomic mass is 79.9. The molecule has 0 unspecified atom stereocenters. The molecule has 0 aromatic rings. The van der Waals surface area contributed by atoms with Crippen LogP contribution in [0.3, 0.4) is 0 Å². The second-order valence-corrected chi connectivity index (χ2v) is 6.91. The van der Waals surface area contributed by atoms with Crippen molar-refractivity contribution in [1.29, 1.82) is 0 Å². The molecule has 0 aliphatic heterocycles. The van der Waals surface area contributed by atoms with Crippen molar-refractivity contribution in [3.05, 3.63) is 11.1 Å². The van der Waals surface area contributed by atoms with Gasteiger partial charge in [-0.3, -0.25) is 4.79 Å². The Hall–Kier alpha value is 0.390. The molecule has 16 heavy (non-hydrogen) atoms. The van der Waals surface area contributed by atoms with E-state index in [0.29, 0.717) is 17.5 Å². The molecule has 5 heteroatoms. The summed E-state index contributed by atoms with van der Waals surface area (Å²) in [5.41, 5.74) is 0. The summed E-state index contributed by atoms with van der Waals surface area (Å²) in [7, 11) is 0. The number of hydrogen-bond donors (Lipinski definition) is 1. The van der Waals surface area contributed by atoms with Crippen LogP contribution in [0, 0.1) is 0 Å². The molecule has 0 bridgehead atoms. The quantitative estimate of drug-likeness (QED) is 0.656. The Morgan fingerprint density at radius 2 is 2.00 bits per heavy atom. The van der Waals surface area contributed by atoms with Gasteiger partial charge in [0.15, 0.2) is 0 Å². The van der Waals surface area contributed by atoms with Crippen LogP contribution in [0.2, 0.25) is 0 Å². The van der Waals surface area contributed by atoms with E-state index < -0.39 is 0 Å². The standard InChI is InChI=1S/C11H20BrNOS2/c1-9(12)7-8-13-10(14)5-4-6-11(15-2)16-3/h11H,1,4-8H2,2-3H3,(H,13,14). The van der Waals surface area contributed by atoms with Crippen LogP contribution in [0.25, 0.3) is 0 Å². The Morgan fingerprint density at radius 1 is 1.38 bits per heavy atom. The van der Waals surface area contributed by atoms with Crippen molar-refractivity contribution in [2.24, 2.45) is 0 Å². The first-order valence-electron chi connectivity index (χ1n) is 5.25. The van der Waals surface area contributed by atoms with E-state index in [1.165, 1.54) is 0 Å². The first-order valence-corrected chi connectivity index (χ1v) is 8.62. The van der Waals surface area contributed by atoms with Gasteiger partial charge in [-0.05, 0) is 36.3 Å². The first-order chi connectivity index (χ1) is 7.60. The summed E-state index contributed by atoms with van der Waals surface area (Å²) in [6.07, 6.45) is 7.72. The van der Waals surface area contributed by atoms with Crippen LogP contribution in [0.4, 0.5) is 0 Å². The maximum atomic E-state index is 11.4. The van der Waals surface area contributed by atoms with Crippen LogP contribution in [-0.4, -0.2) is 29.5 Å². The lowest BCUT2D eigenvalue weighted by Gasteiger charge is -2.10. The predicted molar refractivity (Wildman–Crippen MR) is 80.4 cm³/mol. The average Bonchev–Trinajstić information content (AvgIpc) is 2.24. The van der Waals surface area contributed by atoms with E-state index in [-0.39, 0.29) is 5.91 Å². The third kappa shape index (κ3) is 9.60. The summed E-state index contributed by atoms with van der Waals surface area (Å²) in [5, 5.41) is 2.88. The summed E-state index contributed by atoms with van der Waals surface area (Å²) in [5.74, 6) is 0.148. The van der Waals surface area contributed by atoms with Crippen molar-refractivity contribution in [2.75, 3.05) is 19.1 Å². The normalized spacial score (nSPS) is 10.5. The van der Waals surface area contributed by atoms with Gasteiger partial charge in [0.2, 0.25) is 5.91 Å². The second kappa shape index (κ2) is 10.5. The van der Waals surface area contributed by atoms with E-state index in [2.05, 4.69) is 40.3 Å². The average molecular weight is 326 g/mol. The molecular weight excluding hydrogens is 306 g/mol. The molecule has 1 N–H and O–H groups in total. The van der Waals surface area contributed by atoms with Crippen molar-refractivity contribution < 1.29 is 4.79 Å². The number of rotatable bonds is 9. The Morgan fingerprint density at radius 3 is 2.50 bits per heavy atom. The first kappa shape index (κ1) is 16.4. The number of amides is 1. The van der Waals surface area contributed by atoms with Crippen LogP contribution in [0.15, 0.2) is 11.1 Å². The van der Waals surface area contributed by atoms with E-state index in [1.54, 1.807) is 0 Å². The maximum Gasteiger partial charge on any atom is 0.220 e. The molecular formula is C11H20BrNOS2. The van der Waals surface area contributed by atoms with Gasteiger partial charge in [-0.2, -0.15) is 23.5 Å². The van der Waals surface area contributed by atoms with E-state index in [0.717, 1.165) is 23.7 Å². The van der Waals surface area contributed by atoms with Gasteiger partial charge >= 0.3 is 0 Å². The highest BCUT2D eigenvalue weighted by molar-refractivity contribution is 9.11. The number of nitrogens with one attached hydrogen (secondary N) is 1. The molecule has 2 nitrogen and oxygen atoms in total. The van der Waals surface area contributed by atoms with E-state index in [9.17, 15) is 4.79 Å². The number of halogens is 1. The van der Waals surface area contributed by atoms with E-state index in [4.69, 9.17) is 0 Å². The van der Waals surface area contributed by atoms with E-state index in [1.807, 2.05) is 23.5 Å². The van der Waals surface area contributed by atoms with Crippen LogP contribution in [0.1, 0.15) is 25.7 Å². The molecule has 0 aliphatic carbocycles. The summed E-state index contributed by atoms with van der Waals surface area (Å²) < 4.78 is 1.55. The van der Waals surface area contributed by atoms with Crippen LogP contribution >= 0.6 is 39.5 Å². The van der Waals surface area contributed by atoms with Gasteiger partial charge in [0.25, 0.3) is 0 Å². The van der Waals surface area contributed by atoms with Gasteiger partial charge in [0, 0.05) is 17.5 Å². The second-order valence-electron chi connectivity index (χ2n) is 3.41. The molecule has 0 rings (SSSR count). The van der Waals surface area contributed by atoms with Crippen LogP contribution in [-0.2, 0) is 4.79 Å². The highest BCUT2D eigenvalue weighted by Gasteiger charge is 2.06. The number of hydrogen-bond acceptors (Lipinski definition) is 3. The van der Waals surface area contributed by atoms with Crippen molar-refractivity contribution in [1.82, 2.24) is 5.32 Å². The number of carbonyl (C=O) groups is 1. The van der Waals surface area contributed by atoms with Crippen molar-refractivity contribution in [3.8, 4) is 0 Å². The van der Waals surface area contributed by atoms with Crippen LogP contribution in [0.5, 0.6) is 0 Å². The molecule has 0 spiro atoms. The molecule has 94 valence electrons. The Bertz CT molecular complexity index is 220. The zero-order valence-electron chi connectivity index (χ0n) is 9.92. The predicted octanol–water partition coefficient (Wildman–Crippen LogP) is 3.62. The molecule has 0 aromatic heterocycles. The lowest BCUT2D eigenvalue weighted by molar-refractivity contribution is -0.121. The van der Waals surface area contributed by atoms with Crippen LogP contribution < -0.4 is 5.32 Å². The van der Waals surface area contributed by atoms with Gasteiger partial charge in [-0.15, -0.1) is 0 Å². The zero-order valence-corrected chi connectivity index (χ0v) is 13.1. The molecule has 0 aromatic carbocycles. The van der Waals surface area contributed by atoms with Crippen molar-refractivity contribution in [3.63, 3.8) is 0 Å². The highest BCUT2D eigenvalue weighted by Crippen LogP contribution is 2.23. The summed E-state index contributed by atoms with van der Waals surface area (Å²) >= 11 is 6.98. The van der Waals surface area contributed by atoms with E-state index >= 15 is 0 Å². The van der Waals surface area contributed by atoms with Gasteiger partial charge in [-0.25, -0.2) is 0 Å².